The van der Waals surface area contributed by atoms with Gasteiger partial charge in [-0.1, -0.05) is 28.1 Å². The number of carbonyl (C=O) groups is 1. The second-order valence-electron chi connectivity index (χ2n) is 5.69. The van der Waals surface area contributed by atoms with Gasteiger partial charge in [-0.05, 0) is 36.5 Å². The summed E-state index contributed by atoms with van der Waals surface area (Å²) in [4.78, 5) is 27.2. The van der Waals surface area contributed by atoms with Crippen molar-refractivity contribution in [3.8, 4) is 0 Å². The van der Waals surface area contributed by atoms with E-state index in [0.717, 1.165) is 17.3 Å². The van der Waals surface area contributed by atoms with Crippen LogP contribution in [0.15, 0.2) is 52.1 Å². The van der Waals surface area contributed by atoms with Crippen molar-refractivity contribution in [2.75, 3.05) is 0 Å². The molecule has 0 atom stereocenters. The van der Waals surface area contributed by atoms with Crippen LogP contribution in [0.4, 0.5) is 0 Å². The Bertz CT molecular complexity index is 736. The number of esters is 1. The van der Waals surface area contributed by atoms with Crippen molar-refractivity contribution in [1.82, 2.24) is 9.55 Å². The van der Waals surface area contributed by atoms with Gasteiger partial charge in [-0.3, -0.25) is 14.2 Å². The molecule has 1 saturated carbocycles. The largest absolute Gasteiger partial charge is 0.462 e. The summed E-state index contributed by atoms with van der Waals surface area (Å²) in [5, 5.41) is 0. The van der Waals surface area contributed by atoms with E-state index in [1.54, 1.807) is 0 Å². The molecule has 120 valence electrons. The van der Waals surface area contributed by atoms with E-state index in [4.69, 9.17) is 4.74 Å². The summed E-state index contributed by atoms with van der Waals surface area (Å²) in [6, 6.07) is 9.63. The van der Waals surface area contributed by atoms with Crippen molar-refractivity contribution in [3.05, 3.63) is 63.2 Å². The summed E-state index contributed by atoms with van der Waals surface area (Å²) in [5.74, 6) is 0.196. The third-order valence-electron chi connectivity index (χ3n) is 4.08. The van der Waals surface area contributed by atoms with Crippen LogP contribution in [0.1, 0.15) is 30.7 Å². The lowest BCUT2D eigenvalue weighted by Crippen LogP contribution is -2.32. The second-order valence-corrected chi connectivity index (χ2v) is 6.61. The zero-order valence-corrected chi connectivity index (χ0v) is 14.1. The number of carbonyl (C=O) groups excluding carboxylic acids is 1. The van der Waals surface area contributed by atoms with Gasteiger partial charge in [-0.2, -0.15) is 0 Å². The molecule has 0 bridgehead atoms. The Kier molecular flexibility index (Phi) is 4.91. The first-order valence-corrected chi connectivity index (χ1v) is 8.36. The lowest BCUT2D eigenvalue weighted by molar-refractivity contribution is -0.154. The van der Waals surface area contributed by atoms with Gasteiger partial charge >= 0.3 is 5.97 Å². The van der Waals surface area contributed by atoms with Gasteiger partial charge < -0.3 is 4.74 Å². The third-order valence-corrected chi connectivity index (χ3v) is 4.61. The van der Waals surface area contributed by atoms with Gasteiger partial charge in [0, 0.05) is 23.3 Å². The van der Waals surface area contributed by atoms with E-state index in [-0.39, 0.29) is 24.1 Å². The second kappa shape index (κ2) is 7.08. The van der Waals surface area contributed by atoms with E-state index >= 15 is 0 Å². The van der Waals surface area contributed by atoms with Crippen molar-refractivity contribution >= 4 is 21.9 Å². The van der Waals surface area contributed by atoms with E-state index in [1.165, 1.54) is 28.7 Å². The fourth-order valence-electron chi connectivity index (χ4n) is 2.67. The standard InChI is InChI=1S/C17H17BrN2O3/c18-14-3-1-12(2-4-14)13-9-15(10-13)23-17(22)6-8-20-11-19-7-5-16(20)21/h1-5,7,11,13,15H,6,8-10H2. The molecule has 0 amide bonds. The van der Waals surface area contributed by atoms with E-state index in [1.807, 2.05) is 12.1 Å². The molecule has 0 N–H and O–H groups in total. The van der Waals surface area contributed by atoms with Crippen LogP contribution in [-0.4, -0.2) is 21.6 Å². The van der Waals surface area contributed by atoms with Gasteiger partial charge in [0.2, 0.25) is 0 Å². The number of hydrogen-bond donors (Lipinski definition) is 0. The van der Waals surface area contributed by atoms with Gasteiger partial charge in [-0.25, -0.2) is 4.98 Å². The first kappa shape index (κ1) is 15.9. The van der Waals surface area contributed by atoms with E-state index in [9.17, 15) is 9.59 Å². The highest BCUT2D eigenvalue weighted by molar-refractivity contribution is 9.10. The molecule has 23 heavy (non-hydrogen) atoms. The molecule has 1 aliphatic carbocycles. The summed E-state index contributed by atoms with van der Waals surface area (Å²) < 4.78 is 7.91. The first-order valence-electron chi connectivity index (χ1n) is 7.57. The number of nitrogens with zero attached hydrogens (tertiary/aromatic N) is 2. The Balaban J connectivity index is 1.43. The number of aromatic nitrogens is 2. The number of aryl methyl sites for hydroxylation is 1. The van der Waals surface area contributed by atoms with Gasteiger partial charge in [0.25, 0.3) is 5.56 Å². The minimum absolute atomic E-state index is 0.0123. The topological polar surface area (TPSA) is 61.2 Å². The molecule has 2 aromatic rings. The minimum Gasteiger partial charge on any atom is -0.462 e. The SMILES string of the molecule is O=C(CCn1cnccc1=O)OC1CC(c2ccc(Br)cc2)C1. The number of hydrogen-bond acceptors (Lipinski definition) is 4. The minimum atomic E-state index is -0.264. The van der Waals surface area contributed by atoms with Crippen molar-refractivity contribution in [3.63, 3.8) is 0 Å². The van der Waals surface area contributed by atoms with Crippen molar-refractivity contribution in [2.24, 2.45) is 0 Å². The maximum Gasteiger partial charge on any atom is 0.307 e. The molecule has 0 spiro atoms. The number of ether oxygens (including phenoxy) is 1. The Morgan fingerprint density at radius 2 is 2.00 bits per heavy atom. The Hall–Kier alpha value is -1.95. The first-order chi connectivity index (χ1) is 11.1. The van der Waals surface area contributed by atoms with Gasteiger partial charge in [-0.15, -0.1) is 0 Å². The van der Waals surface area contributed by atoms with Gasteiger partial charge in [0.1, 0.15) is 6.10 Å². The molecular formula is C17H17BrN2O3. The van der Waals surface area contributed by atoms with Crippen LogP contribution in [0.3, 0.4) is 0 Å². The average Bonchev–Trinajstić information content (AvgIpc) is 2.51. The maximum atomic E-state index is 11.9. The molecule has 0 saturated heterocycles. The fraction of sp³-hybridized carbons (Fsp3) is 0.353. The molecule has 6 heteroatoms. The monoisotopic (exact) mass is 376 g/mol. The summed E-state index contributed by atoms with van der Waals surface area (Å²) in [6.07, 6.45) is 4.77. The van der Waals surface area contributed by atoms with Crippen molar-refractivity contribution in [2.45, 2.75) is 37.8 Å². The molecule has 1 aromatic heterocycles. The van der Waals surface area contributed by atoms with E-state index in [0.29, 0.717) is 12.5 Å². The predicted molar refractivity (Wildman–Crippen MR) is 89.1 cm³/mol. The molecular weight excluding hydrogens is 360 g/mol. The highest BCUT2D eigenvalue weighted by Crippen LogP contribution is 2.39. The summed E-state index contributed by atoms with van der Waals surface area (Å²) >= 11 is 3.42. The smallest absolute Gasteiger partial charge is 0.307 e. The molecule has 1 aliphatic rings. The fourth-order valence-corrected chi connectivity index (χ4v) is 2.94. The van der Waals surface area contributed by atoms with E-state index in [2.05, 4.69) is 33.0 Å². The highest BCUT2D eigenvalue weighted by Gasteiger charge is 2.33. The van der Waals surface area contributed by atoms with Crippen LogP contribution in [0.5, 0.6) is 0 Å². The Morgan fingerprint density at radius 3 is 2.70 bits per heavy atom. The molecule has 5 nitrogen and oxygen atoms in total. The Labute approximate surface area is 142 Å². The normalized spacial score (nSPS) is 19.9. The summed E-state index contributed by atoms with van der Waals surface area (Å²) in [7, 11) is 0. The lowest BCUT2D eigenvalue weighted by Gasteiger charge is -2.35. The summed E-state index contributed by atoms with van der Waals surface area (Å²) in [5.41, 5.74) is 1.12. The van der Waals surface area contributed by atoms with Crippen LogP contribution >= 0.6 is 15.9 Å². The molecule has 0 radical (unpaired) electrons. The van der Waals surface area contributed by atoms with E-state index < -0.39 is 0 Å². The predicted octanol–water partition coefficient (Wildman–Crippen LogP) is 2.89. The van der Waals surface area contributed by atoms with Gasteiger partial charge in [0.05, 0.1) is 12.7 Å². The highest BCUT2D eigenvalue weighted by atomic mass is 79.9. The number of benzene rings is 1. The van der Waals surface area contributed by atoms with Crippen LogP contribution in [0.25, 0.3) is 0 Å². The third kappa shape index (κ3) is 4.07. The zero-order valence-electron chi connectivity index (χ0n) is 12.5. The zero-order chi connectivity index (χ0) is 16.2. The Morgan fingerprint density at radius 1 is 1.26 bits per heavy atom. The van der Waals surface area contributed by atoms with Crippen molar-refractivity contribution < 1.29 is 9.53 Å². The summed E-state index contributed by atoms with van der Waals surface area (Å²) in [6.45, 7) is 0.300. The average molecular weight is 377 g/mol. The molecule has 1 aromatic carbocycles. The number of halogens is 1. The molecule has 0 unspecified atom stereocenters. The van der Waals surface area contributed by atoms with Crippen LogP contribution < -0.4 is 5.56 Å². The molecule has 3 rings (SSSR count). The van der Waals surface area contributed by atoms with Crippen LogP contribution in [-0.2, 0) is 16.1 Å². The van der Waals surface area contributed by atoms with Crippen LogP contribution in [0.2, 0.25) is 0 Å². The lowest BCUT2D eigenvalue weighted by atomic mass is 9.77. The molecule has 1 fully saturated rings. The molecule has 0 aliphatic heterocycles. The van der Waals surface area contributed by atoms with Gasteiger partial charge in [0.15, 0.2) is 0 Å². The quantitative estimate of drug-likeness (QED) is 0.752. The maximum absolute atomic E-state index is 11.9. The number of rotatable bonds is 5. The van der Waals surface area contributed by atoms with Crippen molar-refractivity contribution in [1.29, 1.82) is 0 Å². The molecule has 1 heterocycles. The van der Waals surface area contributed by atoms with Crippen LogP contribution in [0, 0.1) is 0 Å².